The third-order valence-electron chi connectivity index (χ3n) is 3.51. The predicted octanol–water partition coefficient (Wildman–Crippen LogP) is 2.46. The van der Waals surface area contributed by atoms with Crippen molar-refractivity contribution >= 4 is 32.4 Å². The number of nitrogens with one attached hydrogen (secondary N) is 1. The molecule has 0 aliphatic heterocycles. The summed E-state index contributed by atoms with van der Waals surface area (Å²) >= 11 is 1.22. The minimum atomic E-state index is -3.72. The van der Waals surface area contributed by atoms with Crippen LogP contribution in [-0.2, 0) is 14.8 Å². The first-order valence-corrected chi connectivity index (χ1v) is 9.92. The Morgan fingerprint density at radius 1 is 1.04 bits per heavy atom. The first-order valence-electron chi connectivity index (χ1n) is 7.67. The molecule has 3 aromatic rings. The fourth-order valence-electron chi connectivity index (χ4n) is 2.19. The minimum Gasteiger partial charge on any atom is -0.299 e. The van der Waals surface area contributed by atoms with Crippen molar-refractivity contribution in [3.63, 3.8) is 0 Å². The van der Waals surface area contributed by atoms with Gasteiger partial charge in [0.15, 0.2) is 0 Å². The average Bonchev–Trinajstić information content (AvgIpc) is 3.11. The van der Waals surface area contributed by atoms with E-state index in [-0.39, 0.29) is 11.4 Å². The van der Waals surface area contributed by atoms with E-state index in [0.29, 0.717) is 10.1 Å². The van der Waals surface area contributed by atoms with Gasteiger partial charge >= 0.3 is 0 Å². The number of nitrogens with zero attached hydrogens (tertiary/aromatic N) is 3. The van der Waals surface area contributed by atoms with Crippen molar-refractivity contribution in [3.8, 4) is 10.6 Å². The molecule has 0 unspecified atom stereocenters. The van der Waals surface area contributed by atoms with E-state index in [1.165, 1.54) is 30.5 Å². The molecule has 9 heteroatoms. The molecule has 0 atom stereocenters. The third-order valence-corrected chi connectivity index (χ3v) is 6.22. The summed E-state index contributed by atoms with van der Waals surface area (Å²) in [5, 5.41) is 11.5. The summed E-state index contributed by atoms with van der Waals surface area (Å²) in [4.78, 5) is 12.3. The summed E-state index contributed by atoms with van der Waals surface area (Å²) in [6.45, 7) is -0.322. The largest absolute Gasteiger partial charge is 0.299 e. The lowest BCUT2D eigenvalue weighted by atomic mass is 10.2. The zero-order chi connectivity index (χ0) is 18.6. The molecule has 0 saturated heterocycles. The number of aromatic nitrogens is 2. The highest BCUT2D eigenvalue weighted by molar-refractivity contribution is 7.89. The Labute approximate surface area is 155 Å². The number of likely N-dealkylation sites (N-methyl/N-ethyl adjacent to an activating group) is 1. The molecule has 1 amide bonds. The highest BCUT2D eigenvalue weighted by Crippen LogP contribution is 2.25. The van der Waals surface area contributed by atoms with Crippen LogP contribution < -0.4 is 5.32 Å². The smallest absolute Gasteiger partial charge is 0.243 e. The number of carbonyl (C=O) groups excluding carboxylic acids is 1. The summed E-state index contributed by atoms with van der Waals surface area (Å²) in [7, 11) is -2.37. The van der Waals surface area contributed by atoms with Crippen LogP contribution in [0.4, 0.5) is 5.13 Å². The van der Waals surface area contributed by atoms with Crippen molar-refractivity contribution in [2.45, 2.75) is 4.90 Å². The Bertz CT molecular complexity index is 989. The van der Waals surface area contributed by atoms with Crippen molar-refractivity contribution in [1.82, 2.24) is 14.5 Å². The van der Waals surface area contributed by atoms with E-state index in [1.807, 2.05) is 30.3 Å². The summed E-state index contributed by atoms with van der Waals surface area (Å²) < 4.78 is 25.9. The van der Waals surface area contributed by atoms with Crippen molar-refractivity contribution in [2.75, 3.05) is 18.9 Å². The monoisotopic (exact) mass is 388 g/mol. The quantitative estimate of drug-likeness (QED) is 0.700. The number of anilines is 1. The van der Waals surface area contributed by atoms with Crippen LogP contribution in [0.15, 0.2) is 65.6 Å². The van der Waals surface area contributed by atoms with Crippen molar-refractivity contribution in [1.29, 1.82) is 0 Å². The van der Waals surface area contributed by atoms with Crippen LogP contribution in [0.3, 0.4) is 0 Å². The van der Waals surface area contributed by atoms with Crippen LogP contribution in [-0.4, -0.2) is 42.4 Å². The van der Waals surface area contributed by atoms with E-state index >= 15 is 0 Å². The van der Waals surface area contributed by atoms with Crippen LogP contribution in [0, 0.1) is 0 Å². The maximum atomic E-state index is 12.4. The molecule has 7 nitrogen and oxygen atoms in total. The van der Waals surface area contributed by atoms with Crippen LogP contribution in [0.5, 0.6) is 0 Å². The van der Waals surface area contributed by atoms with Gasteiger partial charge in [-0.15, -0.1) is 10.2 Å². The molecule has 26 heavy (non-hydrogen) atoms. The SMILES string of the molecule is CN(CC(=O)Nc1nnc(-c2ccccc2)s1)S(=O)(=O)c1ccccc1. The molecule has 0 fully saturated rings. The van der Waals surface area contributed by atoms with Crippen molar-refractivity contribution < 1.29 is 13.2 Å². The zero-order valence-corrected chi connectivity index (χ0v) is 15.5. The number of amides is 1. The number of sulfonamides is 1. The normalized spacial score (nSPS) is 11.5. The maximum absolute atomic E-state index is 12.4. The van der Waals surface area contributed by atoms with Crippen LogP contribution >= 0.6 is 11.3 Å². The Kier molecular flexibility index (Phi) is 5.40. The van der Waals surface area contributed by atoms with E-state index < -0.39 is 15.9 Å². The summed E-state index contributed by atoms with van der Waals surface area (Å²) in [5.41, 5.74) is 0.897. The van der Waals surface area contributed by atoms with Gasteiger partial charge < -0.3 is 0 Å². The molecule has 1 heterocycles. The third kappa shape index (κ3) is 4.13. The van der Waals surface area contributed by atoms with Gasteiger partial charge in [-0.2, -0.15) is 4.31 Å². The van der Waals surface area contributed by atoms with E-state index in [0.717, 1.165) is 9.87 Å². The Balaban J connectivity index is 1.65. The fraction of sp³-hybridized carbons (Fsp3) is 0.118. The number of hydrogen-bond donors (Lipinski definition) is 1. The molecule has 134 valence electrons. The standard InChI is InChI=1S/C17H16N4O3S2/c1-21(26(23,24)14-10-6-3-7-11-14)12-15(22)18-17-20-19-16(25-17)13-8-4-2-5-9-13/h2-11H,12H2,1H3,(H,18,20,22). The van der Waals surface area contributed by atoms with Gasteiger partial charge in [0.05, 0.1) is 11.4 Å². The molecule has 3 rings (SSSR count). The van der Waals surface area contributed by atoms with Gasteiger partial charge in [0.2, 0.25) is 21.1 Å². The van der Waals surface area contributed by atoms with Gasteiger partial charge in [-0.1, -0.05) is 59.9 Å². The number of hydrogen-bond acceptors (Lipinski definition) is 6. The second-order valence-corrected chi connectivity index (χ2v) is 8.42. The molecule has 0 spiro atoms. The maximum Gasteiger partial charge on any atom is 0.243 e. The molecule has 0 radical (unpaired) electrons. The predicted molar refractivity (Wildman–Crippen MR) is 100 cm³/mol. The summed E-state index contributed by atoms with van der Waals surface area (Å²) in [5.74, 6) is -0.484. The second kappa shape index (κ2) is 7.73. The summed E-state index contributed by atoms with van der Waals surface area (Å²) in [6.07, 6.45) is 0. The van der Waals surface area contributed by atoms with Gasteiger partial charge in [0, 0.05) is 12.6 Å². The van der Waals surface area contributed by atoms with Gasteiger partial charge in [-0.05, 0) is 12.1 Å². The van der Waals surface area contributed by atoms with Crippen LogP contribution in [0.25, 0.3) is 10.6 Å². The molecule has 0 aliphatic carbocycles. The molecular weight excluding hydrogens is 372 g/mol. The van der Waals surface area contributed by atoms with Gasteiger partial charge in [0.25, 0.3) is 0 Å². The van der Waals surface area contributed by atoms with Gasteiger partial charge in [0.1, 0.15) is 5.01 Å². The molecule has 2 aromatic carbocycles. The minimum absolute atomic E-state index is 0.137. The Morgan fingerprint density at radius 2 is 1.65 bits per heavy atom. The Hall–Kier alpha value is -2.62. The zero-order valence-electron chi connectivity index (χ0n) is 13.9. The lowest BCUT2D eigenvalue weighted by Crippen LogP contribution is -2.34. The lowest BCUT2D eigenvalue weighted by Gasteiger charge is -2.16. The Morgan fingerprint density at radius 3 is 2.31 bits per heavy atom. The molecule has 0 bridgehead atoms. The molecule has 1 N–H and O–H groups in total. The van der Waals surface area contributed by atoms with Crippen molar-refractivity contribution in [3.05, 3.63) is 60.7 Å². The molecular formula is C17H16N4O3S2. The fourth-order valence-corrected chi connectivity index (χ4v) is 4.10. The van der Waals surface area contributed by atoms with Gasteiger partial charge in [-0.3, -0.25) is 10.1 Å². The van der Waals surface area contributed by atoms with E-state index in [4.69, 9.17) is 0 Å². The average molecular weight is 388 g/mol. The lowest BCUT2D eigenvalue weighted by molar-refractivity contribution is -0.116. The van der Waals surface area contributed by atoms with Crippen molar-refractivity contribution in [2.24, 2.45) is 0 Å². The van der Waals surface area contributed by atoms with Crippen LogP contribution in [0.2, 0.25) is 0 Å². The number of rotatable bonds is 6. The first-order chi connectivity index (χ1) is 12.5. The number of benzene rings is 2. The molecule has 0 saturated carbocycles. The van der Waals surface area contributed by atoms with E-state index in [9.17, 15) is 13.2 Å². The van der Waals surface area contributed by atoms with E-state index in [2.05, 4.69) is 15.5 Å². The first kappa shape index (κ1) is 18.2. The summed E-state index contributed by atoms with van der Waals surface area (Å²) in [6, 6.07) is 17.4. The highest BCUT2D eigenvalue weighted by atomic mass is 32.2. The van der Waals surface area contributed by atoms with Crippen LogP contribution in [0.1, 0.15) is 0 Å². The topological polar surface area (TPSA) is 92.3 Å². The highest BCUT2D eigenvalue weighted by Gasteiger charge is 2.23. The molecule has 1 aromatic heterocycles. The van der Waals surface area contributed by atoms with E-state index in [1.54, 1.807) is 18.2 Å². The number of carbonyl (C=O) groups is 1. The molecule has 0 aliphatic rings. The van der Waals surface area contributed by atoms with Gasteiger partial charge in [-0.25, -0.2) is 8.42 Å². The second-order valence-electron chi connectivity index (χ2n) is 5.40.